The molecule has 8 rings (SSSR count). The number of aromatic amines is 2. The van der Waals surface area contributed by atoms with Crippen LogP contribution in [0.1, 0.15) is 58.5 Å². The van der Waals surface area contributed by atoms with E-state index < -0.39 is 77.4 Å². The monoisotopic (exact) mass is 978 g/mol. The number of halogens is 6. The first-order chi connectivity index (χ1) is 31.4. The van der Waals surface area contributed by atoms with Crippen LogP contribution >= 0.6 is 23.2 Å². The van der Waals surface area contributed by atoms with Crippen molar-refractivity contribution < 1.29 is 44.0 Å². The SMILES string of the molecule is CCCS(=O)(=O)Nc1ccc(F)c(C(=O)c2c[nH]c3ncc(-c4ccc(Cl)cc4)cc23)c1F.CCCS(=O)(=O)Nc1ccc(F)c(C(=O)c2c[nH]c3ncc(-c4ccc(Cl)cc4)cc23)c1F. The number of ketones is 2. The summed E-state index contributed by atoms with van der Waals surface area (Å²) < 4.78 is 112. The van der Waals surface area contributed by atoms with Gasteiger partial charge in [0.15, 0.2) is 11.6 Å². The van der Waals surface area contributed by atoms with Gasteiger partial charge in [-0.3, -0.25) is 19.0 Å². The Balaban J connectivity index is 0.000000196. The number of pyridine rings is 2. The van der Waals surface area contributed by atoms with E-state index in [2.05, 4.69) is 29.4 Å². The molecule has 0 bridgehead atoms. The molecule has 340 valence electrons. The Hall–Kier alpha value is -6.60. The van der Waals surface area contributed by atoms with Gasteiger partial charge in [-0.2, -0.15) is 0 Å². The molecule has 0 fully saturated rings. The number of hydrogen-bond donors (Lipinski definition) is 4. The second-order valence-corrected chi connectivity index (χ2v) is 19.3. The number of anilines is 2. The molecule has 12 nitrogen and oxygen atoms in total. The molecule has 20 heteroatoms. The lowest BCUT2D eigenvalue weighted by Gasteiger charge is -2.11. The normalized spacial score (nSPS) is 11.6. The van der Waals surface area contributed by atoms with E-state index in [1.54, 1.807) is 86.9 Å². The van der Waals surface area contributed by atoms with Crippen molar-refractivity contribution in [2.45, 2.75) is 26.7 Å². The summed E-state index contributed by atoms with van der Waals surface area (Å²) in [5.74, 6) is -7.14. The number of aromatic nitrogens is 4. The maximum atomic E-state index is 15.1. The van der Waals surface area contributed by atoms with E-state index in [9.17, 15) is 35.2 Å². The van der Waals surface area contributed by atoms with Crippen LogP contribution in [-0.4, -0.2) is 59.8 Å². The first-order valence-electron chi connectivity index (χ1n) is 19.9. The summed E-state index contributed by atoms with van der Waals surface area (Å²) >= 11 is 11.9. The van der Waals surface area contributed by atoms with Gasteiger partial charge in [0, 0.05) is 67.9 Å². The number of sulfonamides is 2. The third kappa shape index (κ3) is 10.3. The molecular formula is C46H36Cl2F4N6O6S2. The van der Waals surface area contributed by atoms with Crippen LogP contribution in [0.5, 0.6) is 0 Å². The Bertz CT molecular complexity index is 3160. The van der Waals surface area contributed by atoms with Gasteiger partial charge >= 0.3 is 0 Å². The zero-order valence-electron chi connectivity index (χ0n) is 34.6. The summed E-state index contributed by atoms with van der Waals surface area (Å²) in [7, 11) is -7.68. The summed E-state index contributed by atoms with van der Waals surface area (Å²) in [4.78, 5) is 40.6. The molecule has 4 heterocycles. The molecule has 4 aromatic carbocycles. The summed E-state index contributed by atoms with van der Waals surface area (Å²) in [6, 6.07) is 20.9. The van der Waals surface area contributed by atoms with E-state index in [1.165, 1.54) is 12.4 Å². The first-order valence-corrected chi connectivity index (χ1v) is 24.0. The minimum atomic E-state index is -3.84. The van der Waals surface area contributed by atoms with Gasteiger partial charge in [0.2, 0.25) is 31.6 Å². The molecule has 0 amide bonds. The van der Waals surface area contributed by atoms with E-state index in [-0.39, 0.29) is 22.6 Å². The van der Waals surface area contributed by atoms with Crippen molar-refractivity contribution in [3.63, 3.8) is 0 Å². The van der Waals surface area contributed by atoms with Gasteiger partial charge in [0.05, 0.1) is 34.0 Å². The third-order valence-electron chi connectivity index (χ3n) is 10.0. The zero-order chi connectivity index (χ0) is 47.5. The van der Waals surface area contributed by atoms with E-state index >= 15 is 8.78 Å². The predicted octanol–water partition coefficient (Wildman–Crippen LogP) is 11.1. The molecule has 0 radical (unpaired) electrons. The lowest BCUT2D eigenvalue weighted by molar-refractivity contribution is 0.102. The van der Waals surface area contributed by atoms with Crippen LogP contribution in [0.15, 0.2) is 110 Å². The Labute approximate surface area is 385 Å². The highest BCUT2D eigenvalue weighted by atomic mass is 35.5. The number of H-pyrrole nitrogens is 2. The number of nitrogens with one attached hydrogen (secondary N) is 4. The van der Waals surface area contributed by atoms with Gasteiger partial charge in [-0.15, -0.1) is 0 Å². The van der Waals surface area contributed by atoms with Crippen LogP contribution in [0.25, 0.3) is 44.3 Å². The molecule has 0 spiro atoms. The standard InChI is InChI=1S/2C23H18ClF2N3O3S/c2*1-2-9-33(31,32)29-19-8-7-18(25)20(21(19)26)22(30)17-12-28-23-16(17)10-14(11-27-23)13-3-5-15(24)6-4-13/h2*3-8,10-12,29H,2,9H2,1H3,(H,27,28). The highest BCUT2D eigenvalue weighted by Gasteiger charge is 2.28. The average Bonchev–Trinajstić information content (AvgIpc) is 3.90. The summed E-state index contributed by atoms with van der Waals surface area (Å²) in [5.41, 5.74) is 0.948. The van der Waals surface area contributed by atoms with E-state index in [4.69, 9.17) is 23.2 Å². The van der Waals surface area contributed by atoms with Gasteiger partial charge in [0.25, 0.3) is 0 Å². The fourth-order valence-electron chi connectivity index (χ4n) is 6.91. The number of nitrogens with zero attached hydrogens (tertiary/aromatic N) is 2. The highest BCUT2D eigenvalue weighted by molar-refractivity contribution is 7.92. The maximum absolute atomic E-state index is 15.1. The third-order valence-corrected chi connectivity index (χ3v) is 13.5. The van der Waals surface area contributed by atoms with E-state index in [0.29, 0.717) is 56.1 Å². The van der Waals surface area contributed by atoms with Crippen molar-refractivity contribution in [2.75, 3.05) is 20.9 Å². The van der Waals surface area contributed by atoms with Crippen LogP contribution in [-0.2, 0) is 20.0 Å². The van der Waals surface area contributed by atoms with Gasteiger partial charge in [-0.25, -0.2) is 44.4 Å². The molecule has 0 unspecified atom stereocenters. The minimum Gasteiger partial charge on any atom is -0.345 e. The Kier molecular flexibility index (Phi) is 14.0. The lowest BCUT2D eigenvalue weighted by atomic mass is 10.00. The molecule has 0 aliphatic carbocycles. The lowest BCUT2D eigenvalue weighted by Crippen LogP contribution is -2.18. The average molecular weight is 980 g/mol. The minimum absolute atomic E-state index is 0.000297. The number of fused-ring (bicyclic) bond motifs is 2. The van der Waals surface area contributed by atoms with Gasteiger partial charge in [-0.05, 0) is 84.6 Å². The van der Waals surface area contributed by atoms with Gasteiger partial charge in [0.1, 0.15) is 22.9 Å². The van der Waals surface area contributed by atoms with Crippen LogP contribution in [0, 0.1) is 23.3 Å². The quantitative estimate of drug-likeness (QED) is 0.0613. The van der Waals surface area contributed by atoms with Crippen LogP contribution < -0.4 is 9.44 Å². The topological polar surface area (TPSA) is 184 Å². The summed E-state index contributed by atoms with van der Waals surface area (Å²) in [6.07, 6.45) is 6.45. The second-order valence-electron chi connectivity index (χ2n) is 14.7. The van der Waals surface area contributed by atoms with Crippen molar-refractivity contribution in [2.24, 2.45) is 0 Å². The van der Waals surface area contributed by atoms with Crippen molar-refractivity contribution in [3.8, 4) is 22.3 Å². The molecular weight excluding hydrogens is 944 g/mol. The molecule has 4 N–H and O–H groups in total. The van der Waals surface area contributed by atoms with E-state index in [0.717, 1.165) is 35.4 Å². The summed E-state index contributed by atoms with van der Waals surface area (Å²) in [6.45, 7) is 3.30. The van der Waals surface area contributed by atoms with Crippen LogP contribution in [0.2, 0.25) is 10.0 Å². The van der Waals surface area contributed by atoms with Gasteiger partial charge < -0.3 is 9.97 Å². The highest BCUT2D eigenvalue weighted by Crippen LogP contribution is 2.32. The van der Waals surface area contributed by atoms with Crippen molar-refractivity contribution in [1.82, 2.24) is 19.9 Å². The number of carbonyl (C=O) groups excluding carboxylic acids is 2. The molecule has 0 saturated carbocycles. The Morgan fingerprint density at radius 2 is 0.924 bits per heavy atom. The van der Waals surface area contributed by atoms with Crippen molar-refractivity contribution >= 4 is 88.3 Å². The first kappa shape index (κ1) is 47.4. The molecule has 0 saturated heterocycles. The summed E-state index contributed by atoms with van der Waals surface area (Å²) in [5, 5.41) is 1.85. The number of benzene rings is 4. The van der Waals surface area contributed by atoms with Gasteiger partial charge in [-0.1, -0.05) is 61.3 Å². The fourth-order valence-corrected chi connectivity index (χ4v) is 9.42. The number of hydrogen-bond acceptors (Lipinski definition) is 8. The molecule has 0 atom stereocenters. The molecule has 0 aliphatic heterocycles. The molecule has 0 aliphatic rings. The largest absolute Gasteiger partial charge is 0.345 e. The van der Waals surface area contributed by atoms with Crippen molar-refractivity contribution in [3.05, 3.63) is 165 Å². The van der Waals surface area contributed by atoms with Crippen LogP contribution in [0.4, 0.5) is 28.9 Å². The number of rotatable bonds is 14. The zero-order valence-corrected chi connectivity index (χ0v) is 37.8. The van der Waals surface area contributed by atoms with E-state index in [1.807, 2.05) is 0 Å². The second kappa shape index (κ2) is 19.5. The number of carbonyl (C=O) groups is 2. The predicted molar refractivity (Wildman–Crippen MR) is 248 cm³/mol. The molecule has 8 aromatic rings. The fraction of sp³-hybridized carbons (Fsp3) is 0.130. The van der Waals surface area contributed by atoms with Crippen molar-refractivity contribution in [1.29, 1.82) is 0 Å². The Morgan fingerprint density at radius 3 is 1.27 bits per heavy atom. The molecule has 4 aromatic heterocycles. The Morgan fingerprint density at radius 1 is 0.561 bits per heavy atom. The molecule has 66 heavy (non-hydrogen) atoms. The van der Waals surface area contributed by atoms with Crippen LogP contribution in [0.3, 0.4) is 0 Å². The maximum Gasteiger partial charge on any atom is 0.232 e. The smallest absolute Gasteiger partial charge is 0.232 e.